The maximum Gasteiger partial charge on any atom is 0.0991 e. The maximum absolute atomic E-state index is 8.88. The smallest absolute Gasteiger partial charge is 0.0991 e. The fourth-order valence-electron chi connectivity index (χ4n) is 3.92. The number of hydrogen-bond acceptors (Lipinski definition) is 3. The summed E-state index contributed by atoms with van der Waals surface area (Å²) in [4.78, 5) is 0. The van der Waals surface area contributed by atoms with Crippen molar-refractivity contribution < 1.29 is 0 Å². The number of hydrogen-bond donors (Lipinski definition) is 2. The van der Waals surface area contributed by atoms with Gasteiger partial charge in [-0.1, -0.05) is 19.3 Å². The van der Waals surface area contributed by atoms with E-state index in [-0.39, 0.29) is 0 Å². The zero-order valence-electron chi connectivity index (χ0n) is 12.6. The predicted molar refractivity (Wildman–Crippen MR) is 86.2 cm³/mol. The first-order valence-electron chi connectivity index (χ1n) is 8.37. The van der Waals surface area contributed by atoms with Gasteiger partial charge in [-0.15, -0.1) is 0 Å². The van der Waals surface area contributed by atoms with Crippen molar-refractivity contribution in [3.8, 4) is 6.07 Å². The third-order valence-electron chi connectivity index (χ3n) is 5.05. The summed E-state index contributed by atoms with van der Waals surface area (Å²) in [6, 6.07) is 11.3. The van der Waals surface area contributed by atoms with Gasteiger partial charge in [-0.25, -0.2) is 0 Å². The molecule has 0 aromatic heterocycles. The van der Waals surface area contributed by atoms with Crippen molar-refractivity contribution in [1.29, 1.82) is 5.26 Å². The van der Waals surface area contributed by atoms with Crippen LogP contribution in [0.2, 0.25) is 0 Å². The summed E-state index contributed by atoms with van der Waals surface area (Å²) in [5.74, 6) is 0.745. The van der Waals surface area contributed by atoms with Gasteiger partial charge in [0.2, 0.25) is 0 Å². The zero-order chi connectivity index (χ0) is 14.5. The van der Waals surface area contributed by atoms with E-state index < -0.39 is 0 Å². The van der Waals surface area contributed by atoms with Crippen LogP contribution in [0.25, 0.3) is 0 Å². The molecule has 1 saturated carbocycles. The summed E-state index contributed by atoms with van der Waals surface area (Å²) in [7, 11) is 0. The molecule has 3 rings (SSSR count). The third-order valence-corrected chi connectivity index (χ3v) is 5.05. The molecule has 0 bridgehead atoms. The van der Waals surface area contributed by atoms with Crippen LogP contribution in [0.4, 0.5) is 5.69 Å². The van der Waals surface area contributed by atoms with Crippen molar-refractivity contribution >= 4 is 5.69 Å². The molecule has 1 aromatic rings. The molecule has 1 heterocycles. The Morgan fingerprint density at radius 1 is 1.00 bits per heavy atom. The molecular weight excluding hydrogens is 258 g/mol. The van der Waals surface area contributed by atoms with E-state index in [9.17, 15) is 0 Å². The lowest BCUT2D eigenvalue weighted by atomic mass is 9.77. The first kappa shape index (κ1) is 14.4. The van der Waals surface area contributed by atoms with Gasteiger partial charge in [0.1, 0.15) is 0 Å². The highest BCUT2D eigenvalue weighted by Gasteiger charge is 2.32. The molecule has 1 aliphatic heterocycles. The summed E-state index contributed by atoms with van der Waals surface area (Å²) < 4.78 is 0. The van der Waals surface area contributed by atoms with Crippen LogP contribution < -0.4 is 10.6 Å². The highest BCUT2D eigenvalue weighted by atomic mass is 15.0. The number of piperidine rings is 1. The second-order valence-electron chi connectivity index (χ2n) is 6.44. The standard InChI is InChI=1S/C18H25N3/c19-13-14-8-10-15(11-9-14)21-18-7-2-1-5-16(18)17-6-3-4-12-20-17/h8-11,16-18,20-21H,1-7,12H2. The monoisotopic (exact) mass is 283 g/mol. The molecule has 21 heavy (non-hydrogen) atoms. The number of nitrogens with one attached hydrogen (secondary N) is 2. The lowest BCUT2D eigenvalue weighted by molar-refractivity contribution is 0.217. The minimum Gasteiger partial charge on any atom is -0.382 e. The number of nitrogens with zero attached hydrogens (tertiary/aromatic N) is 1. The fourth-order valence-corrected chi connectivity index (χ4v) is 3.92. The first-order chi connectivity index (χ1) is 10.4. The van der Waals surface area contributed by atoms with E-state index in [4.69, 9.17) is 5.26 Å². The normalized spacial score (nSPS) is 29.6. The molecule has 1 saturated heterocycles. The molecule has 3 atom stereocenters. The first-order valence-corrected chi connectivity index (χ1v) is 8.37. The number of nitriles is 1. The maximum atomic E-state index is 8.88. The second-order valence-corrected chi connectivity index (χ2v) is 6.44. The Hall–Kier alpha value is -1.53. The Kier molecular flexibility index (Phi) is 4.77. The van der Waals surface area contributed by atoms with Gasteiger partial charge < -0.3 is 10.6 Å². The van der Waals surface area contributed by atoms with Crippen molar-refractivity contribution in [3.05, 3.63) is 29.8 Å². The van der Waals surface area contributed by atoms with Crippen LogP contribution in [-0.4, -0.2) is 18.6 Å². The number of benzene rings is 1. The van der Waals surface area contributed by atoms with Crippen molar-refractivity contribution in [2.24, 2.45) is 5.92 Å². The quantitative estimate of drug-likeness (QED) is 0.889. The molecule has 0 spiro atoms. The fraction of sp³-hybridized carbons (Fsp3) is 0.611. The molecule has 3 nitrogen and oxygen atoms in total. The van der Waals surface area contributed by atoms with Gasteiger partial charge in [-0.2, -0.15) is 5.26 Å². The third kappa shape index (κ3) is 3.57. The van der Waals surface area contributed by atoms with Crippen molar-refractivity contribution in [2.75, 3.05) is 11.9 Å². The summed E-state index contributed by atoms with van der Waals surface area (Å²) in [5, 5.41) is 16.4. The zero-order valence-corrected chi connectivity index (χ0v) is 12.6. The summed E-state index contributed by atoms with van der Waals surface area (Å²) >= 11 is 0. The molecule has 3 unspecified atom stereocenters. The van der Waals surface area contributed by atoms with Crippen molar-refractivity contribution in [3.63, 3.8) is 0 Å². The summed E-state index contributed by atoms with van der Waals surface area (Å²) in [6.07, 6.45) is 9.34. The molecule has 1 aromatic carbocycles. The summed E-state index contributed by atoms with van der Waals surface area (Å²) in [5.41, 5.74) is 1.89. The molecule has 0 radical (unpaired) electrons. The molecular formula is C18H25N3. The van der Waals surface area contributed by atoms with Crippen LogP contribution in [0.15, 0.2) is 24.3 Å². The van der Waals surface area contributed by atoms with Gasteiger partial charge in [0.05, 0.1) is 11.6 Å². The van der Waals surface area contributed by atoms with E-state index in [1.807, 2.05) is 24.3 Å². The molecule has 1 aliphatic carbocycles. The van der Waals surface area contributed by atoms with E-state index in [0.717, 1.165) is 17.2 Å². The minimum absolute atomic E-state index is 0.572. The average Bonchev–Trinajstić information content (AvgIpc) is 2.57. The van der Waals surface area contributed by atoms with Gasteiger partial charge >= 0.3 is 0 Å². The van der Waals surface area contributed by atoms with Gasteiger partial charge in [0, 0.05) is 17.8 Å². The van der Waals surface area contributed by atoms with Gasteiger partial charge in [0.15, 0.2) is 0 Å². The lowest BCUT2D eigenvalue weighted by Gasteiger charge is -2.40. The lowest BCUT2D eigenvalue weighted by Crippen LogP contribution is -2.48. The minimum atomic E-state index is 0.572. The number of anilines is 1. The Bertz CT molecular complexity index is 482. The average molecular weight is 283 g/mol. The largest absolute Gasteiger partial charge is 0.382 e. The molecule has 0 amide bonds. The predicted octanol–water partition coefficient (Wildman–Crippen LogP) is 3.67. The molecule has 112 valence electrons. The van der Waals surface area contributed by atoms with E-state index in [1.54, 1.807) is 0 Å². The molecule has 2 aliphatic rings. The van der Waals surface area contributed by atoms with E-state index >= 15 is 0 Å². The van der Waals surface area contributed by atoms with Gasteiger partial charge in [-0.05, 0) is 62.4 Å². The Morgan fingerprint density at radius 3 is 2.48 bits per heavy atom. The van der Waals surface area contributed by atoms with Crippen LogP contribution in [0.5, 0.6) is 0 Å². The number of rotatable bonds is 3. The molecule has 2 N–H and O–H groups in total. The van der Waals surface area contributed by atoms with Crippen LogP contribution >= 0.6 is 0 Å². The van der Waals surface area contributed by atoms with Gasteiger partial charge in [-0.3, -0.25) is 0 Å². The van der Waals surface area contributed by atoms with E-state index in [0.29, 0.717) is 12.1 Å². The molecule has 2 fully saturated rings. The van der Waals surface area contributed by atoms with Crippen LogP contribution in [0.3, 0.4) is 0 Å². The van der Waals surface area contributed by atoms with Gasteiger partial charge in [0.25, 0.3) is 0 Å². The van der Waals surface area contributed by atoms with Crippen molar-refractivity contribution in [1.82, 2.24) is 5.32 Å². The Morgan fingerprint density at radius 2 is 1.76 bits per heavy atom. The van der Waals surface area contributed by atoms with Crippen LogP contribution in [-0.2, 0) is 0 Å². The topological polar surface area (TPSA) is 47.9 Å². The van der Waals surface area contributed by atoms with E-state index in [1.165, 1.54) is 51.5 Å². The molecule has 3 heteroatoms. The Balaban J connectivity index is 1.67. The second kappa shape index (κ2) is 6.95. The SMILES string of the molecule is N#Cc1ccc(NC2CCCCC2C2CCCCN2)cc1. The van der Waals surface area contributed by atoms with Crippen LogP contribution in [0, 0.1) is 17.2 Å². The van der Waals surface area contributed by atoms with Crippen molar-refractivity contribution in [2.45, 2.75) is 57.0 Å². The highest BCUT2D eigenvalue weighted by molar-refractivity contribution is 5.48. The van der Waals surface area contributed by atoms with Crippen LogP contribution in [0.1, 0.15) is 50.5 Å². The Labute approximate surface area is 127 Å². The van der Waals surface area contributed by atoms with E-state index in [2.05, 4.69) is 16.7 Å². The highest BCUT2D eigenvalue weighted by Crippen LogP contribution is 2.32. The summed E-state index contributed by atoms with van der Waals surface area (Å²) in [6.45, 7) is 1.19.